The fourth-order valence-electron chi connectivity index (χ4n) is 9.33. The second kappa shape index (κ2) is 14.6. The number of rotatable bonds is 8. The van der Waals surface area contributed by atoms with E-state index >= 15 is 0 Å². The van der Waals surface area contributed by atoms with E-state index in [0.717, 1.165) is 17.1 Å². The van der Waals surface area contributed by atoms with Crippen LogP contribution in [0.4, 0.5) is 17.1 Å². The molecule has 2 heteroatoms. The van der Waals surface area contributed by atoms with E-state index in [1.54, 1.807) is 0 Å². The Kier molecular flexibility index (Phi) is 8.65. The van der Waals surface area contributed by atoms with Gasteiger partial charge in [0.05, 0.1) is 5.41 Å². The van der Waals surface area contributed by atoms with E-state index in [4.69, 9.17) is 0 Å². The molecule has 0 N–H and O–H groups in total. The lowest BCUT2D eigenvalue weighted by molar-refractivity contribution is 0.777. The van der Waals surface area contributed by atoms with Crippen molar-refractivity contribution in [3.05, 3.63) is 259 Å². The van der Waals surface area contributed by atoms with Gasteiger partial charge >= 0.3 is 0 Å². The second-order valence-electron chi connectivity index (χ2n) is 15.2. The molecule has 0 fully saturated rings. The summed E-state index contributed by atoms with van der Waals surface area (Å²) in [5.41, 5.74) is 16.8. The quantitative estimate of drug-likeness (QED) is 0.149. The van der Waals surface area contributed by atoms with Gasteiger partial charge in [0.2, 0.25) is 0 Å². The molecule has 1 heterocycles. The molecule has 0 saturated carbocycles. The Morgan fingerprint density at radius 1 is 0.339 bits per heavy atom. The molecular formula is C57H39NS. The number of nitrogens with zero attached hydrogens (tertiary/aromatic N) is 1. The molecule has 278 valence electrons. The molecule has 11 rings (SSSR count). The molecule has 1 aliphatic carbocycles. The smallest absolute Gasteiger partial charge is 0.0728 e. The van der Waals surface area contributed by atoms with Gasteiger partial charge in [-0.2, -0.15) is 0 Å². The molecule has 0 atom stereocenters. The first-order valence-corrected chi connectivity index (χ1v) is 21.1. The number of hydrogen-bond donors (Lipinski definition) is 0. The van der Waals surface area contributed by atoms with Crippen molar-refractivity contribution in [2.24, 2.45) is 0 Å². The average molecular weight is 770 g/mol. The predicted molar refractivity (Wildman–Crippen MR) is 250 cm³/mol. The Bertz CT molecular complexity index is 2920. The molecule has 0 amide bonds. The minimum Gasteiger partial charge on any atom is -0.311 e. The largest absolute Gasteiger partial charge is 0.311 e. The monoisotopic (exact) mass is 769 g/mol. The maximum atomic E-state index is 2.37. The summed E-state index contributed by atoms with van der Waals surface area (Å²) < 4.78 is 1.32. The molecule has 9 aromatic carbocycles. The normalized spacial score (nSPS) is 12.5. The minimum atomic E-state index is -0.461. The first-order chi connectivity index (χ1) is 29.3. The zero-order valence-corrected chi connectivity index (χ0v) is 33.2. The van der Waals surface area contributed by atoms with Gasteiger partial charge in [0.15, 0.2) is 0 Å². The van der Waals surface area contributed by atoms with Gasteiger partial charge in [-0.25, -0.2) is 0 Å². The van der Waals surface area contributed by atoms with Crippen molar-refractivity contribution in [2.75, 3.05) is 4.90 Å². The van der Waals surface area contributed by atoms with Crippen LogP contribution in [0.1, 0.15) is 22.3 Å². The van der Waals surface area contributed by atoms with Gasteiger partial charge in [0.25, 0.3) is 0 Å². The van der Waals surface area contributed by atoms with Crippen molar-refractivity contribution in [2.45, 2.75) is 5.41 Å². The fourth-order valence-corrected chi connectivity index (χ4v) is 10.7. The number of fused-ring (bicyclic) bond motifs is 5. The Labute approximate surface area is 349 Å². The third kappa shape index (κ3) is 5.83. The number of benzene rings is 9. The standard InChI is InChI=1S/C57H39NS/c1-5-16-40(17-6-1)42-28-34-47(35-29-42)58(48-36-30-43(31-37-48)41-18-7-2-8-19-41)49-38-32-44(33-39-49)50-25-15-26-52-54(50)56-55(51-24-13-14-27-53(51)59-56)57(52,45-20-9-3-10-21-45)46-22-11-4-12-23-46/h1-39H. The highest BCUT2D eigenvalue weighted by molar-refractivity contribution is 7.22. The summed E-state index contributed by atoms with van der Waals surface area (Å²) in [4.78, 5) is 3.72. The van der Waals surface area contributed by atoms with Crippen LogP contribution in [0.2, 0.25) is 0 Å². The Hall–Kier alpha value is -7.26. The van der Waals surface area contributed by atoms with Crippen LogP contribution in [0, 0.1) is 0 Å². The lowest BCUT2D eigenvalue weighted by Crippen LogP contribution is -2.28. The van der Waals surface area contributed by atoms with E-state index in [9.17, 15) is 0 Å². The Morgan fingerprint density at radius 3 is 1.27 bits per heavy atom. The van der Waals surface area contributed by atoms with Crippen LogP contribution in [0.5, 0.6) is 0 Å². The molecule has 0 unspecified atom stereocenters. The van der Waals surface area contributed by atoms with Crippen LogP contribution in [0.25, 0.3) is 53.9 Å². The maximum Gasteiger partial charge on any atom is 0.0728 e. The highest BCUT2D eigenvalue weighted by Crippen LogP contribution is 2.62. The molecule has 0 aliphatic heterocycles. The van der Waals surface area contributed by atoms with E-state index in [-0.39, 0.29) is 0 Å². The predicted octanol–water partition coefficient (Wildman–Crippen LogP) is 15.7. The summed E-state index contributed by atoms with van der Waals surface area (Å²) in [6, 6.07) is 86.4. The first kappa shape index (κ1) is 34.9. The molecule has 1 aromatic heterocycles. The molecule has 0 bridgehead atoms. The van der Waals surface area contributed by atoms with Crippen LogP contribution >= 0.6 is 11.3 Å². The Balaban J connectivity index is 1.06. The molecule has 0 spiro atoms. The van der Waals surface area contributed by atoms with Gasteiger partial charge in [-0.15, -0.1) is 11.3 Å². The molecule has 1 nitrogen and oxygen atoms in total. The lowest BCUT2D eigenvalue weighted by Gasteiger charge is -2.34. The highest BCUT2D eigenvalue weighted by atomic mass is 32.1. The Morgan fingerprint density at radius 2 is 0.763 bits per heavy atom. The third-order valence-electron chi connectivity index (χ3n) is 12.0. The third-order valence-corrected chi connectivity index (χ3v) is 13.2. The van der Waals surface area contributed by atoms with Crippen LogP contribution in [-0.2, 0) is 5.41 Å². The number of thiophene rings is 1. The van der Waals surface area contributed by atoms with Crippen molar-refractivity contribution in [1.29, 1.82) is 0 Å². The summed E-state index contributed by atoms with van der Waals surface area (Å²) >= 11 is 1.92. The molecule has 0 radical (unpaired) electrons. The van der Waals surface area contributed by atoms with Gasteiger partial charge in [-0.05, 0) is 103 Å². The van der Waals surface area contributed by atoms with Crippen molar-refractivity contribution in [1.82, 2.24) is 0 Å². The van der Waals surface area contributed by atoms with Gasteiger partial charge in [0, 0.05) is 32.2 Å². The van der Waals surface area contributed by atoms with E-state index < -0.39 is 5.41 Å². The molecule has 1 aliphatic rings. The van der Waals surface area contributed by atoms with Crippen molar-refractivity contribution in [3.63, 3.8) is 0 Å². The fraction of sp³-hybridized carbons (Fsp3) is 0.0175. The van der Waals surface area contributed by atoms with Gasteiger partial charge in [-0.1, -0.05) is 194 Å². The van der Waals surface area contributed by atoms with E-state index in [0.29, 0.717) is 0 Å². The first-order valence-electron chi connectivity index (χ1n) is 20.3. The molecule has 0 saturated heterocycles. The van der Waals surface area contributed by atoms with Crippen molar-refractivity contribution < 1.29 is 0 Å². The summed E-state index contributed by atoms with van der Waals surface area (Å²) in [5.74, 6) is 0. The van der Waals surface area contributed by atoms with Gasteiger partial charge in [-0.3, -0.25) is 0 Å². The van der Waals surface area contributed by atoms with E-state index in [2.05, 4.69) is 241 Å². The summed E-state index contributed by atoms with van der Waals surface area (Å²) in [6.45, 7) is 0. The van der Waals surface area contributed by atoms with Crippen LogP contribution in [0.3, 0.4) is 0 Å². The van der Waals surface area contributed by atoms with Crippen LogP contribution < -0.4 is 4.90 Å². The summed E-state index contributed by atoms with van der Waals surface area (Å²) in [5, 5.41) is 1.32. The summed E-state index contributed by atoms with van der Waals surface area (Å²) in [7, 11) is 0. The number of anilines is 3. The summed E-state index contributed by atoms with van der Waals surface area (Å²) in [6.07, 6.45) is 0. The number of hydrogen-bond acceptors (Lipinski definition) is 2. The van der Waals surface area contributed by atoms with Gasteiger partial charge < -0.3 is 4.90 Å². The average Bonchev–Trinajstić information content (AvgIpc) is 3.85. The molecule has 59 heavy (non-hydrogen) atoms. The van der Waals surface area contributed by atoms with E-state index in [1.807, 2.05) is 11.3 Å². The SMILES string of the molecule is c1ccc(-c2ccc(N(c3ccc(-c4ccccc4)cc3)c3ccc(-c4cccc5c4-c4sc6ccccc6c4C5(c4ccccc4)c4ccccc4)cc3)cc2)cc1. The van der Waals surface area contributed by atoms with Crippen molar-refractivity contribution >= 4 is 38.5 Å². The lowest BCUT2D eigenvalue weighted by atomic mass is 9.67. The topological polar surface area (TPSA) is 3.24 Å². The van der Waals surface area contributed by atoms with Crippen LogP contribution in [-0.4, -0.2) is 0 Å². The molecular weight excluding hydrogens is 731 g/mol. The zero-order chi connectivity index (χ0) is 39.2. The maximum absolute atomic E-state index is 2.37. The van der Waals surface area contributed by atoms with Crippen LogP contribution in [0.15, 0.2) is 237 Å². The van der Waals surface area contributed by atoms with Crippen molar-refractivity contribution in [3.8, 4) is 43.8 Å². The molecule has 10 aromatic rings. The van der Waals surface area contributed by atoms with Gasteiger partial charge in [0.1, 0.15) is 0 Å². The highest BCUT2D eigenvalue weighted by Gasteiger charge is 2.49. The zero-order valence-electron chi connectivity index (χ0n) is 32.4. The van der Waals surface area contributed by atoms with E-state index in [1.165, 1.54) is 76.2 Å². The second-order valence-corrected chi connectivity index (χ2v) is 16.3. The minimum absolute atomic E-state index is 0.461.